The van der Waals surface area contributed by atoms with Crippen LogP contribution in [0.2, 0.25) is 0 Å². The maximum atomic E-state index is 2.74. The Bertz CT molecular complexity index is 2660. The molecule has 0 heteroatoms. The zero-order chi connectivity index (χ0) is 53.1. The van der Waals surface area contributed by atoms with Crippen LogP contribution in [0.25, 0.3) is 55.6 Å². The fourth-order valence-electron chi connectivity index (χ4n) is 15.5. The average molecular weight is 1000 g/mol. The van der Waals surface area contributed by atoms with E-state index in [9.17, 15) is 0 Å². The first-order chi connectivity index (χ1) is 36.4. The fourth-order valence-corrected chi connectivity index (χ4v) is 15.5. The molecule has 6 aromatic rings. The van der Waals surface area contributed by atoms with E-state index < -0.39 is 0 Å². The fraction of sp³-hybridized carbons (Fsp3) is 0.520. The lowest BCUT2D eigenvalue weighted by Gasteiger charge is -2.39. The molecule has 6 aromatic carbocycles. The molecule has 2 unspecified atom stereocenters. The molecule has 0 spiro atoms. The smallest absolute Gasteiger partial charge is 0.0220 e. The summed E-state index contributed by atoms with van der Waals surface area (Å²) in [7, 11) is 0. The first-order valence-electron chi connectivity index (χ1n) is 31.2. The Morgan fingerprint density at radius 2 is 0.560 bits per heavy atom. The quantitative estimate of drug-likeness (QED) is 0.0508. The van der Waals surface area contributed by atoms with Crippen molar-refractivity contribution in [2.24, 2.45) is 35.5 Å². The molecule has 75 heavy (non-hydrogen) atoms. The summed E-state index contributed by atoms with van der Waals surface area (Å²) in [5.41, 5.74) is 23.9. The van der Waals surface area contributed by atoms with E-state index in [1.807, 2.05) is 0 Å². The Hall–Kier alpha value is -4.68. The van der Waals surface area contributed by atoms with Gasteiger partial charge in [-0.3, -0.25) is 0 Å². The average Bonchev–Trinajstić information content (AvgIpc) is 4.02. The Morgan fingerprint density at radius 3 is 0.827 bits per heavy atom. The highest BCUT2D eigenvalue weighted by Crippen LogP contribution is 2.61. The van der Waals surface area contributed by atoms with E-state index in [1.54, 1.807) is 33.4 Å². The SMILES string of the molecule is CCCCC(CC)CC1(CC(CC)CCCC)c2cc(-c3ccc4c(c3)C(C[C@@H](C)CC)(C[C@@H](C)CC)c3ccccc3-4)ccc2-c2ccc(-c3ccc4c(c3)C(C[C@@H](C)CC)(C[C@@H](C)CC)c3ccccc3-4)cc21. The summed E-state index contributed by atoms with van der Waals surface area (Å²) in [6, 6.07) is 50.0. The van der Waals surface area contributed by atoms with Crippen molar-refractivity contribution < 1.29 is 0 Å². The van der Waals surface area contributed by atoms with Crippen LogP contribution in [-0.4, -0.2) is 0 Å². The minimum absolute atomic E-state index is 0.0175. The van der Waals surface area contributed by atoms with Gasteiger partial charge in [-0.15, -0.1) is 0 Å². The second-order valence-corrected chi connectivity index (χ2v) is 25.5. The zero-order valence-corrected chi connectivity index (χ0v) is 49.2. The molecule has 0 nitrogen and oxygen atoms in total. The van der Waals surface area contributed by atoms with Crippen molar-refractivity contribution in [1.82, 2.24) is 0 Å². The van der Waals surface area contributed by atoms with E-state index in [0.717, 1.165) is 0 Å². The van der Waals surface area contributed by atoms with E-state index in [1.165, 1.54) is 171 Å². The molecular weight excluding hydrogens is 901 g/mol. The Labute approximate surface area is 458 Å². The normalized spacial score (nSPS) is 17.5. The lowest BCUT2D eigenvalue weighted by molar-refractivity contribution is 0.266. The molecule has 0 bridgehead atoms. The Morgan fingerprint density at radius 1 is 0.293 bits per heavy atom. The Balaban J connectivity index is 1.24. The molecule has 0 N–H and O–H groups in total. The molecule has 9 rings (SSSR count). The summed E-state index contributed by atoms with van der Waals surface area (Å²) in [6.07, 6.45) is 22.3. The van der Waals surface area contributed by atoms with Crippen LogP contribution in [0.4, 0.5) is 0 Å². The van der Waals surface area contributed by atoms with Crippen molar-refractivity contribution in [3.05, 3.63) is 155 Å². The third kappa shape index (κ3) is 10.2. The predicted molar refractivity (Wildman–Crippen MR) is 328 cm³/mol. The van der Waals surface area contributed by atoms with Crippen LogP contribution >= 0.6 is 0 Å². The molecule has 3 aliphatic carbocycles. The molecule has 0 radical (unpaired) electrons. The van der Waals surface area contributed by atoms with Crippen molar-refractivity contribution in [3.8, 4) is 55.6 Å². The van der Waals surface area contributed by atoms with Crippen LogP contribution in [-0.2, 0) is 16.2 Å². The summed E-state index contributed by atoms with van der Waals surface area (Å²) in [5.74, 6) is 3.91. The highest BCUT2D eigenvalue weighted by molar-refractivity contribution is 5.89. The van der Waals surface area contributed by atoms with Gasteiger partial charge in [0.2, 0.25) is 0 Å². The third-order valence-corrected chi connectivity index (χ3v) is 20.5. The number of hydrogen-bond acceptors (Lipinski definition) is 0. The van der Waals surface area contributed by atoms with Crippen LogP contribution in [0.15, 0.2) is 121 Å². The predicted octanol–water partition coefficient (Wildman–Crippen LogP) is 22.8. The van der Waals surface area contributed by atoms with Gasteiger partial charge in [-0.25, -0.2) is 0 Å². The minimum atomic E-state index is -0.0762. The van der Waals surface area contributed by atoms with Crippen LogP contribution in [0.5, 0.6) is 0 Å². The summed E-state index contributed by atoms with van der Waals surface area (Å²) in [6.45, 7) is 29.4. The van der Waals surface area contributed by atoms with E-state index in [0.29, 0.717) is 35.5 Å². The van der Waals surface area contributed by atoms with Gasteiger partial charge in [0.1, 0.15) is 0 Å². The molecule has 0 fully saturated rings. The van der Waals surface area contributed by atoms with Gasteiger partial charge < -0.3 is 0 Å². The van der Waals surface area contributed by atoms with Gasteiger partial charge in [-0.1, -0.05) is 257 Å². The molecule has 6 atom stereocenters. The van der Waals surface area contributed by atoms with Gasteiger partial charge in [0.15, 0.2) is 0 Å². The van der Waals surface area contributed by atoms with Crippen LogP contribution < -0.4 is 0 Å². The van der Waals surface area contributed by atoms with Crippen molar-refractivity contribution in [2.75, 3.05) is 0 Å². The monoisotopic (exact) mass is 999 g/mol. The molecule has 0 heterocycles. The topological polar surface area (TPSA) is 0 Å². The molecule has 0 aromatic heterocycles. The first-order valence-corrected chi connectivity index (χ1v) is 31.2. The van der Waals surface area contributed by atoms with Crippen molar-refractivity contribution >= 4 is 0 Å². The first kappa shape index (κ1) is 55.1. The van der Waals surface area contributed by atoms with Gasteiger partial charge in [-0.2, -0.15) is 0 Å². The molecule has 398 valence electrons. The summed E-state index contributed by atoms with van der Waals surface area (Å²) in [5, 5.41) is 0. The van der Waals surface area contributed by atoms with Gasteiger partial charge in [0.25, 0.3) is 0 Å². The largest absolute Gasteiger partial charge is 0.0654 e. The standard InChI is InChI=1S/C75H98/c1-13-21-27-55(19-7)49-75(50-56(20-8)28-22-14-2)71-43-59(57-33-37-63-61-29-23-25-31-67(61)73(69(63)41-57,45-51(9)15-3)46-52(10)16-4)35-39-65(71)66-40-36-60(44-72(66)75)58-34-38-64-62-30-24-26-32-68(62)74(70(64)42-58,47-53(11)17-5)48-54(12)18-6/h23-26,29-44,51-56H,13-22,27-28,45-50H2,1-12H3/t51-,52-,53-,54-,55?,56?/m0/s1. The lowest BCUT2D eigenvalue weighted by Crippen LogP contribution is -2.31. The third-order valence-electron chi connectivity index (χ3n) is 20.5. The lowest BCUT2D eigenvalue weighted by atomic mass is 9.64. The van der Waals surface area contributed by atoms with Gasteiger partial charge in [-0.05, 0) is 187 Å². The van der Waals surface area contributed by atoms with E-state index in [4.69, 9.17) is 0 Å². The summed E-state index contributed by atoms with van der Waals surface area (Å²) >= 11 is 0. The van der Waals surface area contributed by atoms with E-state index in [2.05, 4.69) is 204 Å². The highest BCUT2D eigenvalue weighted by Gasteiger charge is 2.48. The molecular formula is C75H98. The van der Waals surface area contributed by atoms with Crippen LogP contribution in [0.3, 0.4) is 0 Å². The summed E-state index contributed by atoms with van der Waals surface area (Å²) < 4.78 is 0. The van der Waals surface area contributed by atoms with Crippen LogP contribution in [0.1, 0.15) is 232 Å². The number of fused-ring (bicyclic) bond motifs is 9. The van der Waals surface area contributed by atoms with E-state index >= 15 is 0 Å². The second kappa shape index (κ2) is 23.5. The number of rotatable bonds is 26. The Kier molecular flexibility index (Phi) is 17.3. The van der Waals surface area contributed by atoms with Crippen LogP contribution in [0, 0.1) is 35.5 Å². The minimum Gasteiger partial charge on any atom is -0.0654 e. The molecule has 3 aliphatic rings. The van der Waals surface area contributed by atoms with Crippen molar-refractivity contribution in [1.29, 1.82) is 0 Å². The van der Waals surface area contributed by atoms with Gasteiger partial charge in [0, 0.05) is 16.2 Å². The molecule has 0 amide bonds. The highest BCUT2D eigenvalue weighted by atomic mass is 14.5. The molecule has 0 aliphatic heterocycles. The maximum absolute atomic E-state index is 2.74. The molecule has 0 saturated carbocycles. The van der Waals surface area contributed by atoms with Gasteiger partial charge in [0.05, 0.1) is 0 Å². The summed E-state index contributed by atoms with van der Waals surface area (Å²) in [4.78, 5) is 0. The van der Waals surface area contributed by atoms with Gasteiger partial charge >= 0.3 is 0 Å². The second-order valence-electron chi connectivity index (χ2n) is 25.5. The zero-order valence-electron chi connectivity index (χ0n) is 49.2. The van der Waals surface area contributed by atoms with E-state index in [-0.39, 0.29) is 16.2 Å². The van der Waals surface area contributed by atoms with Crippen molar-refractivity contribution in [3.63, 3.8) is 0 Å². The number of unbranched alkanes of at least 4 members (excludes halogenated alkanes) is 2. The maximum Gasteiger partial charge on any atom is 0.0220 e. The molecule has 0 saturated heterocycles. The van der Waals surface area contributed by atoms with Crippen molar-refractivity contribution in [2.45, 2.75) is 215 Å². The number of hydrogen-bond donors (Lipinski definition) is 0. The number of benzene rings is 6.